The molecule has 3 rings (SSSR count). The third-order valence-corrected chi connectivity index (χ3v) is 5.06. The van der Waals surface area contributed by atoms with Gasteiger partial charge in [-0.1, -0.05) is 18.2 Å². The molecule has 4 atom stereocenters. The summed E-state index contributed by atoms with van der Waals surface area (Å²) < 4.78 is 47.9. The highest BCUT2D eigenvalue weighted by Crippen LogP contribution is 2.54. The van der Waals surface area contributed by atoms with Gasteiger partial charge in [-0.3, -0.25) is 4.99 Å². The molecular weight excluding hydrogens is 415 g/mol. The first-order valence-corrected chi connectivity index (χ1v) is 7.65. The number of ether oxygens (including phenoxy) is 1. The topological polar surface area (TPSA) is 71.4 Å². The van der Waals surface area contributed by atoms with E-state index in [4.69, 9.17) is 10.5 Å². The van der Waals surface area contributed by atoms with Crippen molar-refractivity contribution >= 4 is 46.3 Å². The van der Waals surface area contributed by atoms with Gasteiger partial charge >= 0.3 is 0 Å². The van der Waals surface area contributed by atoms with Crippen molar-refractivity contribution in [3.63, 3.8) is 0 Å². The van der Waals surface area contributed by atoms with Crippen LogP contribution in [0.15, 0.2) is 29.3 Å². The molecule has 1 saturated heterocycles. The highest BCUT2D eigenvalue weighted by Gasteiger charge is 2.62. The SMILES string of the molecule is CC1(C#N)C[C@@H]2[C@@H](C(C)(F)F)OC[C@]2(c2ccccc2F)N=C1N.S.S.S. The molecule has 2 heterocycles. The normalized spacial score (nSPS) is 31.9. The van der Waals surface area contributed by atoms with Gasteiger partial charge < -0.3 is 10.5 Å². The summed E-state index contributed by atoms with van der Waals surface area (Å²) in [5.41, 5.74) is 3.62. The minimum absolute atomic E-state index is 0. The molecule has 2 aliphatic rings. The number of halogens is 3. The number of amidine groups is 1. The highest BCUT2D eigenvalue weighted by atomic mass is 32.1. The van der Waals surface area contributed by atoms with E-state index in [1.165, 1.54) is 18.2 Å². The Labute approximate surface area is 177 Å². The minimum Gasteiger partial charge on any atom is -0.386 e. The number of hydrogen-bond acceptors (Lipinski definition) is 4. The lowest BCUT2D eigenvalue weighted by molar-refractivity contribution is -0.118. The molecule has 0 amide bonds. The van der Waals surface area contributed by atoms with Crippen molar-refractivity contribution in [1.29, 1.82) is 5.26 Å². The van der Waals surface area contributed by atoms with Gasteiger partial charge in [-0.2, -0.15) is 45.7 Å². The zero-order valence-corrected chi connectivity index (χ0v) is 17.9. The summed E-state index contributed by atoms with van der Waals surface area (Å²) in [6.45, 7) is 2.12. The first-order valence-electron chi connectivity index (χ1n) is 7.65. The van der Waals surface area contributed by atoms with E-state index in [1.54, 1.807) is 13.0 Å². The summed E-state index contributed by atoms with van der Waals surface area (Å²) in [5, 5.41) is 9.43. The molecule has 2 N–H and O–H groups in total. The largest absolute Gasteiger partial charge is 0.386 e. The van der Waals surface area contributed by atoms with Gasteiger partial charge in [0.05, 0.1) is 12.7 Å². The Balaban J connectivity index is 0.00000225. The van der Waals surface area contributed by atoms with Gasteiger partial charge in [0.2, 0.25) is 0 Å². The molecule has 1 fully saturated rings. The van der Waals surface area contributed by atoms with Crippen LogP contribution in [0.5, 0.6) is 0 Å². The number of benzene rings is 1. The lowest BCUT2D eigenvalue weighted by Gasteiger charge is -2.42. The molecule has 0 aliphatic carbocycles. The molecule has 1 unspecified atom stereocenters. The van der Waals surface area contributed by atoms with Crippen LogP contribution in [-0.2, 0) is 10.3 Å². The molecular formula is C17H24F3N3OS3. The first-order chi connectivity index (χ1) is 11.1. The minimum atomic E-state index is -3.14. The number of rotatable bonds is 2. The van der Waals surface area contributed by atoms with Crippen LogP contribution < -0.4 is 5.73 Å². The number of aliphatic imine (C=N–C) groups is 1. The van der Waals surface area contributed by atoms with Crippen LogP contribution in [0.2, 0.25) is 0 Å². The van der Waals surface area contributed by atoms with Crippen LogP contribution >= 0.6 is 40.5 Å². The molecule has 4 nitrogen and oxygen atoms in total. The second-order valence-corrected chi connectivity index (χ2v) is 6.84. The number of hydrogen-bond donors (Lipinski definition) is 1. The van der Waals surface area contributed by atoms with E-state index in [0.29, 0.717) is 0 Å². The molecule has 1 aromatic carbocycles. The summed E-state index contributed by atoms with van der Waals surface area (Å²) in [6, 6.07) is 7.94. The van der Waals surface area contributed by atoms with Gasteiger partial charge in [-0.15, -0.1) is 0 Å². The predicted molar refractivity (Wildman–Crippen MR) is 113 cm³/mol. The molecule has 0 bridgehead atoms. The lowest BCUT2D eigenvalue weighted by atomic mass is 9.66. The quantitative estimate of drug-likeness (QED) is 0.768. The van der Waals surface area contributed by atoms with Crippen LogP contribution in [0, 0.1) is 28.5 Å². The van der Waals surface area contributed by atoms with Gasteiger partial charge in [0.15, 0.2) is 0 Å². The Morgan fingerprint density at radius 1 is 1.30 bits per heavy atom. The molecule has 0 radical (unpaired) electrons. The van der Waals surface area contributed by atoms with E-state index in [1.807, 2.05) is 6.07 Å². The Hall–Kier alpha value is -1.02. The maximum absolute atomic E-state index is 14.4. The van der Waals surface area contributed by atoms with E-state index >= 15 is 0 Å². The van der Waals surface area contributed by atoms with E-state index in [0.717, 1.165) is 6.92 Å². The summed E-state index contributed by atoms with van der Waals surface area (Å²) in [5.74, 6) is -4.53. The van der Waals surface area contributed by atoms with Crippen molar-refractivity contribution in [3.05, 3.63) is 35.6 Å². The highest BCUT2D eigenvalue weighted by molar-refractivity contribution is 7.59. The number of nitrogens with two attached hydrogens (primary N) is 1. The van der Waals surface area contributed by atoms with Crippen molar-refractivity contribution in [2.75, 3.05) is 6.61 Å². The monoisotopic (exact) mass is 439 g/mol. The summed E-state index contributed by atoms with van der Waals surface area (Å²) in [6.07, 6.45) is -1.43. The Morgan fingerprint density at radius 2 is 1.89 bits per heavy atom. The van der Waals surface area contributed by atoms with Crippen LogP contribution in [0.4, 0.5) is 13.2 Å². The smallest absolute Gasteiger partial charge is 0.271 e. The number of nitrogens with zero attached hydrogens (tertiary/aromatic N) is 2. The third kappa shape index (κ3) is 4.06. The van der Waals surface area contributed by atoms with Crippen LogP contribution in [0.3, 0.4) is 0 Å². The molecule has 0 saturated carbocycles. The van der Waals surface area contributed by atoms with E-state index in [2.05, 4.69) is 4.99 Å². The molecule has 2 aliphatic heterocycles. The Kier molecular flexibility index (Phi) is 8.23. The Bertz CT molecular complexity index is 753. The van der Waals surface area contributed by atoms with E-state index < -0.39 is 34.7 Å². The second-order valence-electron chi connectivity index (χ2n) is 6.84. The predicted octanol–water partition coefficient (Wildman–Crippen LogP) is 3.32. The van der Waals surface area contributed by atoms with Gasteiger partial charge in [0, 0.05) is 18.4 Å². The first kappa shape index (κ1) is 26.0. The summed E-state index contributed by atoms with van der Waals surface area (Å²) in [4.78, 5) is 4.37. The lowest BCUT2D eigenvalue weighted by Crippen LogP contribution is -2.51. The van der Waals surface area contributed by atoms with E-state index in [-0.39, 0.29) is 64.9 Å². The van der Waals surface area contributed by atoms with Gasteiger partial charge in [0.1, 0.15) is 28.7 Å². The zero-order chi connectivity index (χ0) is 17.8. The fraction of sp³-hybridized carbons (Fsp3) is 0.529. The van der Waals surface area contributed by atoms with Crippen molar-refractivity contribution in [2.24, 2.45) is 22.1 Å². The zero-order valence-electron chi connectivity index (χ0n) is 14.9. The maximum Gasteiger partial charge on any atom is 0.271 e. The van der Waals surface area contributed by atoms with Crippen LogP contribution in [-0.4, -0.2) is 24.5 Å². The van der Waals surface area contributed by atoms with E-state index in [9.17, 15) is 18.4 Å². The average molecular weight is 440 g/mol. The molecule has 0 aromatic heterocycles. The molecule has 152 valence electrons. The molecule has 27 heavy (non-hydrogen) atoms. The van der Waals surface area contributed by atoms with Crippen molar-refractivity contribution in [1.82, 2.24) is 0 Å². The standard InChI is InChI=1S/C17H18F3N3O.3H2S/c1-15(8-21)7-11-13(16(2,19)20)24-9-17(11,23-14(15)22)10-5-3-4-6-12(10)18;;;/h3-6,11,13H,7,9H2,1-2H3,(H2,22,23);3*1H2/t11-,13+,15?,17-;;;/m1.../s1. The van der Waals surface area contributed by atoms with Crippen LogP contribution in [0.1, 0.15) is 25.8 Å². The average Bonchev–Trinajstić information content (AvgIpc) is 2.87. The van der Waals surface area contributed by atoms with Gasteiger partial charge in [-0.25, -0.2) is 13.2 Å². The summed E-state index contributed by atoms with van der Waals surface area (Å²) in [7, 11) is 0. The van der Waals surface area contributed by atoms with Crippen LogP contribution in [0.25, 0.3) is 0 Å². The number of fused-ring (bicyclic) bond motifs is 1. The second kappa shape index (κ2) is 8.55. The van der Waals surface area contributed by atoms with Crippen molar-refractivity contribution in [3.8, 4) is 6.07 Å². The summed E-state index contributed by atoms with van der Waals surface area (Å²) >= 11 is 0. The molecule has 1 aromatic rings. The fourth-order valence-corrected chi connectivity index (χ4v) is 3.72. The Morgan fingerprint density at radius 3 is 2.41 bits per heavy atom. The number of alkyl halides is 2. The van der Waals surface area contributed by atoms with Crippen molar-refractivity contribution < 1.29 is 17.9 Å². The number of nitriles is 1. The van der Waals surface area contributed by atoms with Crippen molar-refractivity contribution in [2.45, 2.75) is 37.8 Å². The molecule has 0 spiro atoms. The maximum atomic E-state index is 14.4. The fourth-order valence-electron chi connectivity index (χ4n) is 3.72. The van der Waals surface area contributed by atoms with Gasteiger partial charge in [-0.05, 0) is 19.4 Å². The molecule has 10 heteroatoms. The van der Waals surface area contributed by atoms with Gasteiger partial charge in [0.25, 0.3) is 5.92 Å². The third-order valence-electron chi connectivity index (χ3n) is 5.06.